The molecular weight excluding hydrogens is 154 g/mol. The van der Waals surface area contributed by atoms with Crippen molar-refractivity contribution in [2.24, 2.45) is 11.8 Å². The summed E-state index contributed by atoms with van der Waals surface area (Å²) in [6.07, 6.45) is 4.93. The summed E-state index contributed by atoms with van der Waals surface area (Å²) < 4.78 is 0. The Morgan fingerprint density at radius 1 is 1.17 bits per heavy atom. The highest BCUT2D eigenvalue weighted by Gasteiger charge is 2.36. The van der Waals surface area contributed by atoms with Crippen molar-refractivity contribution < 1.29 is 9.59 Å². The first-order valence-corrected chi connectivity index (χ1v) is 4.61. The summed E-state index contributed by atoms with van der Waals surface area (Å²) in [5.74, 6) is 0.371. The highest BCUT2D eigenvalue weighted by Crippen LogP contribution is 2.34. The molecule has 2 fully saturated rings. The number of hydrogen-bond donors (Lipinski definition) is 1. The largest absolute Gasteiger partial charge is 0.296 e. The van der Waals surface area contributed by atoms with E-state index in [1.54, 1.807) is 0 Å². The average molecular weight is 167 g/mol. The molecule has 0 aromatic carbocycles. The van der Waals surface area contributed by atoms with Crippen LogP contribution in [0.2, 0.25) is 0 Å². The van der Waals surface area contributed by atoms with Gasteiger partial charge in [-0.05, 0) is 18.8 Å². The zero-order valence-corrected chi connectivity index (χ0v) is 7.01. The Kier molecular flexibility index (Phi) is 1.87. The van der Waals surface area contributed by atoms with Gasteiger partial charge in [-0.15, -0.1) is 0 Å². The third-order valence-electron chi connectivity index (χ3n) is 2.96. The Balaban J connectivity index is 2.11. The molecule has 1 heterocycles. The van der Waals surface area contributed by atoms with Gasteiger partial charge in [0.25, 0.3) is 0 Å². The van der Waals surface area contributed by atoms with E-state index in [1.165, 1.54) is 6.42 Å². The lowest BCUT2D eigenvalue weighted by atomic mass is 9.75. The van der Waals surface area contributed by atoms with Gasteiger partial charge in [-0.25, -0.2) is 0 Å². The Morgan fingerprint density at radius 2 is 1.92 bits per heavy atom. The van der Waals surface area contributed by atoms with E-state index in [1.807, 2.05) is 0 Å². The number of carbonyl (C=O) groups is 2. The van der Waals surface area contributed by atoms with Gasteiger partial charge in [-0.3, -0.25) is 14.9 Å². The number of fused-ring (bicyclic) bond motifs is 1. The molecule has 2 unspecified atom stereocenters. The topological polar surface area (TPSA) is 46.2 Å². The van der Waals surface area contributed by atoms with Gasteiger partial charge in [0.05, 0.1) is 0 Å². The summed E-state index contributed by atoms with van der Waals surface area (Å²) in [5.41, 5.74) is 0. The molecule has 0 aromatic rings. The first-order valence-electron chi connectivity index (χ1n) is 4.61. The summed E-state index contributed by atoms with van der Waals surface area (Å²) in [6, 6.07) is 0. The van der Waals surface area contributed by atoms with Crippen molar-refractivity contribution in [1.29, 1.82) is 0 Å². The van der Waals surface area contributed by atoms with Gasteiger partial charge in [0, 0.05) is 12.3 Å². The molecule has 1 saturated carbocycles. The lowest BCUT2D eigenvalue weighted by Crippen LogP contribution is -2.46. The van der Waals surface area contributed by atoms with Gasteiger partial charge >= 0.3 is 0 Å². The number of amides is 2. The van der Waals surface area contributed by atoms with Crippen LogP contribution in [0, 0.1) is 11.8 Å². The molecule has 0 aromatic heterocycles. The molecule has 3 heteroatoms. The van der Waals surface area contributed by atoms with Gasteiger partial charge < -0.3 is 0 Å². The van der Waals surface area contributed by atoms with Crippen molar-refractivity contribution in [3.8, 4) is 0 Å². The van der Waals surface area contributed by atoms with Crippen LogP contribution in [0.3, 0.4) is 0 Å². The van der Waals surface area contributed by atoms with Crippen molar-refractivity contribution in [2.75, 3.05) is 0 Å². The maximum absolute atomic E-state index is 11.3. The fraction of sp³-hybridized carbons (Fsp3) is 0.778. The van der Waals surface area contributed by atoms with Crippen molar-refractivity contribution in [3.05, 3.63) is 0 Å². The second-order valence-electron chi connectivity index (χ2n) is 3.77. The van der Waals surface area contributed by atoms with Gasteiger partial charge in [0.2, 0.25) is 11.8 Å². The molecule has 1 aliphatic heterocycles. The number of carbonyl (C=O) groups excluding carboxylic acids is 2. The van der Waals surface area contributed by atoms with Crippen LogP contribution in [0.5, 0.6) is 0 Å². The van der Waals surface area contributed by atoms with Gasteiger partial charge in [0.15, 0.2) is 0 Å². The quantitative estimate of drug-likeness (QED) is 0.543. The molecular formula is C9H13NO2. The van der Waals surface area contributed by atoms with Crippen molar-refractivity contribution in [1.82, 2.24) is 5.32 Å². The number of hydrogen-bond acceptors (Lipinski definition) is 2. The summed E-state index contributed by atoms with van der Waals surface area (Å²) in [4.78, 5) is 22.3. The third-order valence-corrected chi connectivity index (χ3v) is 2.96. The highest BCUT2D eigenvalue weighted by atomic mass is 16.2. The SMILES string of the molecule is O=C1CC2CCCCC2C(=O)N1. The summed E-state index contributed by atoms with van der Waals surface area (Å²) >= 11 is 0. The zero-order valence-electron chi connectivity index (χ0n) is 7.01. The molecule has 0 spiro atoms. The molecule has 0 bridgehead atoms. The fourth-order valence-corrected chi connectivity index (χ4v) is 2.32. The Labute approximate surface area is 71.5 Å². The van der Waals surface area contributed by atoms with Crippen molar-refractivity contribution in [2.45, 2.75) is 32.1 Å². The van der Waals surface area contributed by atoms with Crippen LogP contribution >= 0.6 is 0 Å². The highest BCUT2D eigenvalue weighted by molar-refractivity contribution is 5.99. The smallest absolute Gasteiger partial charge is 0.229 e. The van der Waals surface area contributed by atoms with Crippen LogP contribution in [0.15, 0.2) is 0 Å². The predicted molar refractivity (Wildman–Crippen MR) is 43.2 cm³/mol. The molecule has 1 aliphatic carbocycles. The average Bonchev–Trinajstić information content (AvgIpc) is 2.04. The van der Waals surface area contributed by atoms with E-state index in [0.717, 1.165) is 19.3 Å². The van der Waals surface area contributed by atoms with Crippen molar-refractivity contribution in [3.63, 3.8) is 0 Å². The van der Waals surface area contributed by atoms with E-state index in [-0.39, 0.29) is 17.7 Å². The number of piperidine rings is 1. The first kappa shape index (κ1) is 7.77. The molecule has 2 aliphatic rings. The zero-order chi connectivity index (χ0) is 8.55. The van der Waals surface area contributed by atoms with E-state index >= 15 is 0 Å². The lowest BCUT2D eigenvalue weighted by molar-refractivity contribution is -0.140. The van der Waals surface area contributed by atoms with Crippen LogP contribution < -0.4 is 5.32 Å². The van der Waals surface area contributed by atoms with Crippen LogP contribution in [0.25, 0.3) is 0 Å². The van der Waals surface area contributed by atoms with Crippen LogP contribution in [0.1, 0.15) is 32.1 Å². The molecule has 0 radical (unpaired) electrons. The fourth-order valence-electron chi connectivity index (χ4n) is 2.32. The Bertz CT molecular complexity index is 225. The standard InChI is InChI=1S/C9H13NO2/c11-8-5-6-3-1-2-4-7(6)9(12)10-8/h6-7H,1-5H2,(H,10,11,12). The maximum Gasteiger partial charge on any atom is 0.229 e. The summed E-state index contributed by atoms with van der Waals surface area (Å²) in [5, 5.41) is 2.40. The molecule has 12 heavy (non-hydrogen) atoms. The normalized spacial score (nSPS) is 35.7. The minimum Gasteiger partial charge on any atom is -0.296 e. The first-order chi connectivity index (χ1) is 5.77. The molecule has 2 atom stereocenters. The predicted octanol–water partition coefficient (Wildman–Crippen LogP) is 0.839. The molecule has 2 rings (SSSR count). The minimum absolute atomic E-state index is 0.0315. The van der Waals surface area contributed by atoms with Crippen LogP contribution in [0.4, 0.5) is 0 Å². The summed E-state index contributed by atoms with van der Waals surface area (Å²) in [6.45, 7) is 0. The van der Waals surface area contributed by atoms with Crippen LogP contribution in [-0.2, 0) is 9.59 Å². The van der Waals surface area contributed by atoms with Gasteiger partial charge in [-0.1, -0.05) is 12.8 Å². The lowest BCUT2D eigenvalue weighted by Gasteiger charge is -2.33. The third kappa shape index (κ3) is 1.24. The molecule has 1 saturated heterocycles. The number of nitrogens with one attached hydrogen (secondary N) is 1. The Hall–Kier alpha value is -0.860. The second kappa shape index (κ2) is 2.88. The van der Waals surface area contributed by atoms with E-state index in [2.05, 4.69) is 5.32 Å². The molecule has 2 amide bonds. The molecule has 3 nitrogen and oxygen atoms in total. The maximum atomic E-state index is 11.3. The minimum atomic E-state index is -0.0804. The van der Waals surface area contributed by atoms with Gasteiger partial charge in [-0.2, -0.15) is 0 Å². The van der Waals surface area contributed by atoms with Crippen LogP contribution in [-0.4, -0.2) is 11.8 Å². The molecule has 66 valence electrons. The van der Waals surface area contributed by atoms with Gasteiger partial charge in [0.1, 0.15) is 0 Å². The monoisotopic (exact) mass is 167 g/mol. The number of rotatable bonds is 0. The van der Waals surface area contributed by atoms with E-state index < -0.39 is 0 Å². The second-order valence-corrected chi connectivity index (χ2v) is 3.77. The van der Waals surface area contributed by atoms with E-state index in [9.17, 15) is 9.59 Å². The van der Waals surface area contributed by atoms with Crippen molar-refractivity contribution >= 4 is 11.8 Å². The number of imide groups is 1. The molecule has 1 N–H and O–H groups in total. The summed E-state index contributed by atoms with van der Waals surface area (Å²) in [7, 11) is 0. The van der Waals surface area contributed by atoms with E-state index in [4.69, 9.17) is 0 Å². The van der Waals surface area contributed by atoms with E-state index in [0.29, 0.717) is 12.3 Å². The Morgan fingerprint density at radius 3 is 2.75 bits per heavy atom.